The van der Waals surface area contributed by atoms with Gasteiger partial charge in [0.05, 0.1) is 14.2 Å². The van der Waals surface area contributed by atoms with E-state index in [0.29, 0.717) is 11.1 Å². The molecule has 0 N–H and O–H groups in total. The first-order chi connectivity index (χ1) is 11.2. The highest BCUT2D eigenvalue weighted by Gasteiger charge is 2.26. The quantitative estimate of drug-likeness (QED) is 0.781. The highest BCUT2D eigenvalue weighted by Crippen LogP contribution is 2.36. The van der Waals surface area contributed by atoms with E-state index < -0.39 is 0 Å². The molecule has 5 heteroatoms. The van der Waals surface area contributed by atoms with Crippen molar-refractivity contribution < 1.29 is 9.47 Å². The largest absolute Gasteiger partial charge is 0.497 e. The SMILES string of the molecule is COc1ccc(OC)c([C@H]2CCN(Cc3ccc(Cl)nc3)C2)c1. The molecule has 1 atom stereocenters. The van der Waals surface area contributed by atoms with Crippen LogP contribution >= 0.6 is 11.6 Å². The van der Waals surface area contributed by atoms with Gasteiger partial charge in [0.15, 0.2) is 0 Å². The summed E-state index contributed by atoms with van der Waals surface area (Å²) in [5.41, 5.74) is 2.41. The van der Waals surface area contributed by atoms with E-state index in [1.54, 1.807) is 14.2 Å². The lowest BCUT2D eigenvalue weighted by molar-refractivity contribution is 0.325. The van der Waals surface area contributed by atoms with Crippen LogP contribution in [0.5, 0.6) is 11.5 Å². The molecule has 2 heterocycles. The predicted molar refractivity (Wildman–Crippen MR) is 91.4 cm³/mol. The molecule has 0 saturated carbocycles. The Labute approximate surface area is 142 Å². The molecule has 0 unspecified atom stereocenters. The molecule has 0 spiro atoms. The van der Waals surface area contributed by atoms with E-state index in [1.807, 2.05) is 30.5 Å². The third-order valence-corrected chi connectivity index (χ3v) is 4.57. The van der Waals surface area contributed by atoms with Crippen LogP contribution < -0.4 is 9.47 Å². The lowest BCUT2D eigenvalue weighted by Crippen LogP contribution is -2.20. The highest BCUT2D eigenvalue weighted by atomic mass is 35.5. The monoisotopic (exact) mass is 332 g/mol. The maximum atomic E-state index is 5.84. The van der Waals surface area contributed by atoms with Gasteiger partial charge in [-0.05, 0) is 42.8 Å². The van der Waals surface area contributed by atoms with Crippen LogP contribution in [0.3, 0.4) is 0 Å². The Balaban J connectivity index is 1.70. The fraction of sp³-hybridized carbons (Fsp3) is 0.389. The number of likely N-dealkylation sites (tertiary alicyclic amines) is 1. The van der Waals surface area contributed by atoms with Gasteiger partial charge in [0.2, 0.25) is 0 Å². The van der Waals surface area contributed by atoms with Crippen LogP contribution in [-0.4, -0.2) is 37.2 Å². The molecule has 122 valence electrons. The van der Waals surface area contributed by atoms with E-state index in [4.69, 9.17) is 21.1 Å². The first-order valence-corrected chi connectivity index (χ1v) is 8.12. The topological polar surface area (TPSA) is 34.6 Å². The summed E-state index contributed by atoms with van der Waals surface area (Å²) >= 11 is 5.84. The number of aromatic nitrogens is 1. The minimum absolute atomic E-state index is 0.459. The fourth-order valence-corrected chi connectivity index (χ4v) is 3.26. The molecule has 23 heavy (non-hydrogen) atoms. The Bertz CT molecular complexity index is 661. The average molecular weight is 333 g/mol. The van der Waals surface area contributed by atoms with Gasteiger partial charge in [-0.1, -0.05) is 17.7 Å². The number of nitrogens with zero attached hydrogens (tertiary/aromatic N) is 2. The molecular formula is C18H21ClN2O2. The van der Waals surface area contributed by atoms with E-state index in [-0.39, 0.29) is 0 Å². The van der Waals surface area contributed by atoms with Crippen molar-refractivity contribution in [1.82, 2.24) is 9.88 Å². The van der Waals surface area contributed by atoms with Crippen molar-refractivity contribution in [2.24, 2.45) is 0 Å². The van der Waals surface area contributed by atoms with Crippen LogP contribution in [-0.2, 0) is 6.54 Å². The highest BCUT2D eigenvalue weighted by molar-refractivity contribution is 6.29. The zero-order chi connectivity index (χ0) is 16.2. The van der Waals surface area contributed by atoms with Crippen molar-refractivity contribution in [2.45, 2.75) is 18.9 Å². The van der Waals surface area contributed by atoms with Crippen molar-refractivity contribution in [3.8, 4) is 11.5 Å². The van der Waals surface area contributed by atoms with E-state index in [1.165, 1.54) is 11.1 Å². The lowest BCUT2D eigenvalue weighted by atomic mass is 9.97. The summed E-state index contributed by atoms with van der Waals surface area (Å²) in [5, 5.41) is 0.536. The normalized spacial score (nSPS) is 18.1. The van der Waals surface area contributed by atoms with Crippen LogP contribution in [0.4, 0.5) is 0 Å². The van der Waals surface area contributed by atoms with Gasteiger partial charge in [-0.25, -0.2) is 4.98 Å². The smallest absolute Gasteiger partial charge is 0.129 e. The third-order valence-electron chi connectivity index (χ3n) is 4.34. The van der Waals surface area contributed by atoms with Crippen molar-refractivity contribution in [3.05, 3.63) is 52.8 Å². The summed E-state index contributed by atoms with van der Waals surface area (Å²) in [6.07, 6.45) is 2.96. The molecular weight excluding hydrogens is 312 g/mol. The van der Waals surface area contributed by atoms with Gasteiger partial charge in [-0.15, -0.1) is 0 Å². The minimum Gasteiger partial charge on any atom is -0.497 e. The zero-order valence-corrected chi connectivity index (χ0v) is 14.2. The Morgan fingerprint density at radius 2 is 2.09 bits per heavy atom. The molecule has 0 aliphatic carbocycles. The molecule has 0 amide bonds. The second-order valence-electron chi connectivity index (χ2n) is 5.82. The van der Waals surface area contributed by atoms with Crippen molar-refractivity contribution in [1.29, 1.82) is 0 Å². The van der Waals surface area contributed by atoms with Crippen LogP contribution in [0.25, 0.3) is 0 Å². The average Bonchev–Trinajstić information content (AvgIpc) is 3.04. The Hall–Kier alpha value is -1.78. The second-order valence-corrected chi connectivity index (χ2v) is 6.21. The third kappa shape index (κ3) is 3.77. The van der Waals surface area contributed by atoms with Crippen LogP contribution in [0.15, 0.2) is 36.5 Å². The van der Waals surface area contributed by atoms with Crippen molar-refractivity contribution >= 4 is 11.6 Å². The predicted octanol–water partition coefficient (Wildman–Crippen LogP) is 3.74. The van der Waals surface area contributed by atoms with Gasteiger partial charge in [-0.3, -0.25) is 4.90 Å². The zero-order valence-electron chi connectivity index (χ0n) is 13.5. The number of ether oxygens (including phenoxy) is 2. The van der Waals surface area contributed by atoms with Gasteiger partial charge in [0.1, 0.15) is 16.7 Å². The van der Waals surface area contributed by atoms with Gasteiger partial charge in [-0.2, -0.15) is 0 Å². The van der Waals surface area contributed by atoms with Crippen LogP contribution in [0.1, 0.15) is 23.5 Å². The molecule has 2 aromatic rings. The fourth-order valence-electron chi connectivity index (χ4n) is 3.15. The standard InChI is InChI=1S/C18H21ClN2O2/c1-22-15-4-5-17(23-2)16(9-15)14-7-8-21(12-14)11-13-3-6-18(19)20-10-13/h3-6,9-10,14H,7-8,11-12H2,1-2H3/t14-/m0/s1. The van der Waals surface area contributed by atoms with E-state index in [2.05, 4.69) is 16.0 Å². The molecule has 1 aliphatic heterocycles. The van der Waals surface area contributed by atoms with Gasteiger partial charge in [0, 0.05) is 30.8 Å². The lowest BCUT2D eigenvalue weighted by Gasteiger charge is -2.18. The van der Waals surface area contributed by atoms with E-state index >= 15 is 0 Å². The molecule has 1 aromatic carbocycles. The molecule has 0 radical (unpaired) electrons. The Morgan fingerprint density at radius 1 is 1.22 bits per heavy atom. The van der Waals surface area contributed by atoms with Crippen LogP contribution in [0, 0.1) is 0 Å². The second kappa shape index (κ2) is 7.20. The molecule has 3 rings (SSSR count). The minimum atomic E-state index is 0.459. The first-order valence-electron chi connectivity index (χ1n) is 7.74. The number of benzene rings is 1. The van der Waals surface area contributed by atoms with Gasteiger partial charge < -0.3 is 9.47 Å². The number of methoxy groups -OCH3 is 2. The molecule has 4 nitrogen and oxygen atoms in total. The maximum absolute atomic E-state index is 5.84. The van der Waals surface area contributed by atoms with Crippen molar-refractivity contribution in [3.63, 3.8) is 0 Å². The van der Waals surface area contributed by atoms with Gasteiger partial charge >= 0.3 is 0 Å². The number of hydrogen-bond donors (Lipinski definition) is 0. The van der Waals surface area contributed by atoms with Crippen LogP contribution in [0.2, 0.25) is 5.15 Å². The molecule has 1 aliphatic rings. The molecule has 1 aromatic heterocycles. The van der Waals surface area contributed by atoms with Gasteiger partial charge in [0.25, 0.3) is 0 Å². The summed E-state index contributed by atoms with van der Waals surface area (Å²) in [6.45, 7) is 2.97. The summed E-state index contributed by atoms with van der Waals surface area (Å²) in [6, 6.07) is 9.90. The maximum Gasteiger partial charge on any atom is 0.129 e. The first kappa shape index (κ1) is 16.1. The Morgan fingerprint density at radius 3 is 2.78 bits per heavy atom. The Kier molecular flexibility index (Phi) is 5.03. The summed E-state index contributed by atoms with van der Waals surface area (Å²) in [4.78, 5) is 6.59. The van der Waals surface area contributed by atoms with E-state index in [9.17, 15) is 0 Å². The summed E-state index contributed by atoms with van der Waals surface area (Å²) < 4.78 is 10.9. The van der Waals surface area contributed by atoms with Crippen molar-refractivity contribution in [2.75, 3.05) is 27.3 Å². The number of pyridine rings is 1. The number of hydrogen-bond acceptors (Lipinski definition) is 4. The molecule has 0 bridgehead atoms. The summed E-state index contributed by atoms with van der Waals surface area (Å²) in [5.74, 6) is 2.27. The number of halogens is 1. The number of rotatable bonds is 5. The van der Waals surface area contributed by atoms with E-state index in [0.717, 1.165) is 37.6 Å². The summed E-state index contributed by atoms with van der Waals surface area (Å²) in [7, 11) is 3.41. The molecule has 1 saturated heterocycles. The molecule has 1 fully saturated rings.